The van der Waals surface area contributed by atoms with Crippen molar-refractivity contribution in [2.75, 3.05) is 52.1 Å². The molecule has 0 spiro atoms. The molecule has 12 nitrogen and oxygen atoms in total. The Bertz CT molecular complexity index is 2030. The summed E-state index contributed by atoms with van der Waals surface area (Å²) in [7, 11) is 2.71. The van der Waals surface area contributed by atoms with Gasteiger partial charge in [0.15, 0.2) is 5.41 Å². The fraction of sp³-hybridized carbons (Fsp3) is 0.458. The average Bonchev–Trinajstić information content (AvgIpc) is 3.39. The minimum atomic E-state index is -1.59. The number of nitrogen functional groups attached to an aromatic ring is 2. The van der Waals surface area contributed by atoms with Crippen molar-refractivity contribution in [1.29, 1.82) is 0 Å². The smallest absolute Gasteiger partial charge is 0.330 e. The van der Waals surface area contributed by atoms with E-state index in [1.807, 2.05) is 72.8 Å². The van der Waals surface area contributed by atoms with Crippen LogP contribution in [0, 0.1) is 5.41 Å². The van der Waals surface area contributed by atoms with Crippen molar-refractivity contribution < 1.29 is 47.6 Å². The summed E-state index contributed by atoms with van der Waals surface area (Å²) in [5.41, 5.74) is 15.0. The van der Waals surface area contributed by atoms with Crippen LogP contribution in [-0.4, -0.2) is 64.5 Å². The van der Waals surface area contributed by atoms with Gasteiger partial charge in [-0.05, 0) is 121 Å². The molecule has 0 aliphatic heterocycles. The van der Waals surface area contributed by atoms with Gasteiger partial charge in [-0.3, -0.25) is 9.59 Å². The molecule has 0 aliphatic rings. The molecule has 4 rings (SSSR count). The Morgan fingerprint density at radius 2 is 0.704 bits per heavy atom. The SMILES string of the molecule is COC(=O)/C=C/c1ccc(OCCCCCCCCCCCOC(=O)C(Cc2ccc(N)cc2)(Cc2ccc(N)cc2)C(=O)OCCCCCCCCCCCOc2ccc(/C=C/C(=O)OC)cc2)cc1. The molecule has 12 heteroatoms. The van der Waals surface area contributed by atoms with Crippen molar-refractivity contribution in [3.63, 3.8) is 0 Å². The highest BCUT2D eigenvalue weighted by Crippen LogP contribution is 2.33. The third-order valence-corrected chi connectivity index (χ3v) is 12.3. The second-order valence-corrected chi connectivity index (χ2v) is 18.1. The standard InChI is InChI=1S/C59H78N2O10/c1-66-55(62)39-29-47-25-35-53(36-26-47)68-41-17-13-9-5-3-7-11-15-19-43-70-57(64)59(45-49-21-31-51(60)32-22-49,46-50-23-33-52(61)34-24-50)58(65)71-44-20-16-12-8-4-6-10-14-18-42-69-54-37-27-48(28-38-54)30-40-56(63)67-2/h21-40H,3-20,41-46,60-61H2,1-2H3/b39-29+,40-30+. The van der Waals surface area contributed by atoms with Gasteiger partial charge in [0.25, 0.3) is 0 Å². The molecule has 4 N–H and O–H groups in total. The van der Waals surface area contributed by atoms with Crippen LogP contribution in [0.4, 0.5) is 11.4 Å². The van der Waals surface area contributed by atoms with Gasteiger partial charge in [0.05, 0.1) is 40.6 Å². The molecule has 0 aromatic heterocycles. The van der Waals surface area contributed by atoms with Crippen LogP contribution in [0.25, 0.3) is 12.2 Å². The first kappa shape index (κ1) is 57.0. The summed E-state index contributed by atoms with van der Waals surface area (Å²) in [6, 6.07) is 29.7. The summed E-state index contributed by atoms with van der Waals surface area (Å²) in [4.78, 5) is 51.2. The van der Waals surface area contributed by atoms with Crippen molar-refractivity contribution in [1.82, 2.24) is 0 Å². The number of nitrogens with two attached hydrogens (primary N) is 2. The van der Waals surface area contributed by atoms with E-state index in [1.165, 1.54) is 26.4 Å². The number of hydrogen-bond donors (Lipinski definition) is 2. The van der Waals surface area contributed by atoms with Crippen molar-refractivity contribution >= 4 is 47.4 Å². The number of ether oxygens (including phenoxy) is 6. The van der Waals surface area contributed by atoms with Gasteiger partial charge < -0.3 is 39.9 Å². The van der Waals surface area contributed by atoms with Gasteiger partial charge in [-0.15, -0.1) is 0 Å². The maximum atomic E-state index is 14.3. The number of methoxy groups -OCH3 is 2. The summed E-state index contributed by atoms with van der Waals surface area (Å²) in [6.45, 7) is 1.78. The van der Waals surface area contributed by atoms with Gasteiger partial charge in [-0.2, -0.15) is 0 Å². The second kappa shape index (κ2) is 33.9. The third-order valence-electron chi connectivity index (χ3n) is 12.3. The molecule has 0 aliphatic carbocycles. The predicted molar refractivity (Wildman–Crippen MR) is 283 cm³/mol. The summed E-state index contributed by atoms with van der Waals surface area (Å²) in [6.07, 6.45) is 25.1. The summed E-state index contributed by atoms with van der Waals surface area (Å²) in [5, 5.41) is 0. The Labute approximate surface area is 422 Å². The number of unbranched alkanes of at least 4 members (excludes halogenated alkanes) is 16. The molecule has 0 heterocycles. The number of benzene rings is 4. The molecule has 71 heavy (non-hydrogen) atoms. The molecule has 0 saturated heterocycles. The summed E-state index contributed by atoms with van der Waals surface area (Å²) < 4.78 is 33.0. The van der Waals surface area contributed by atoms with E-state index >= 15 is 0 Å². The van der Waals surface area contributed by atoms with Crippen LogP contribution in [0.5, 0.6) is 11.5 Å². The monoisotopic (exact) mass is 975 g/mol. The van der Waals surface area contributed by atoms with Crippen molar-refractivity contribution in [2.24, 2.45) is 5.41 Å². The van der Waals surface area contributed by atoms with E-state index in [1.54, 1.807) is 36.4 Å². The highest BCUT2D eigenvalue weighted by Gasteiger charge is 2.49. The molecule has 0 unspecified atom stereocenters. The van der Waals surface area contributed by atoms with Crippen LogP contribution in [0.1, 0.15) is 138 Å². The van der Waals surface area contributed by atoms with E-state index in [-0.39, 0.29) is 38.0 Å². The molecule has 0 saturated carbocycles. The van der Waals surface area contributed by atoms with Gasteiger partial charge in [-0.25, -0.2) is 9.59 Å². The Hall–Kier alpha value is -6.56. The van der Waals surface area contributed by atoms with E-state index in [4.69, 9.17) is 30.4 Å². The quantitative estimate of drug-likeness (QED) is 0.0110. The zero-order chi connectivity index (χ0) is 50.8. The van der Waals surface area contributed by atoms with Crippen molar-refractivity contribution in [3.8, 4) is 11.5 Å². The van der Waals surface area contributed by atoms with E-state index in [0.29, 0.717) is 37.4 Å². The van der Waals surface area contributed by atoms with Crippen molar-refractivity contribution in [3.05, 3.63) is 131 Å². The number of anilines is 2. The number of hydrogen-bond acceptors (Lipinski definition) is 12. The maximum Gasteiger partial charge on any atom is 0.330 e. The first-order valence-corrected chi connectivity index (χ1v) is 25.6. The van der Waals surface area contributed by atoms with Gasteiger partial charge >= 0.3 is 23.9 Å². The molecule has 4 aromatic rings. The van der Waals surface area contributed by atoms with E-state index in [2.05, 4.69) is 9.47 Å². The van der Waals surface area contributed by atoms with Crippen molar-refractivity contribution in [2.45, 2.75) is 128 Å². The first-order valence-electron chi connectivity index (χ1n) is 25.6. The highest BCUT2D eigenvalue weighted by atomic mass is 16.6. The topological polar surface area (TPSA) is 176 Å². The molecule has 0 amide bonds. The van der Waals surface area contributed by atoms with Gasteiger partial charge in [0.2, 0.25) is 0 Å². The Morgan fingerprint density at radius 1 is 0.408 bits per heavy atom. The lowest BCUT2D eigenvalue weighted by Crippen LogP contribution is -2.46. The molecule has 0 bridgehead atoms. The normalized spacial score (nSPS) is 11.4. The van der Waals surface area contributed by atoms with Crippen LogP contribution < -0.4 is 20.9 Å². The van der Waals surface area contributed by atoms with Crippen LogP contribution >= 0.6 is 0 Å². The van der Waals surface area contributed by atoms with Crippen LogP contribution in [0.15, 0.2) is 109 Å². The molecular formula is C59H78N2O10. The fourth-order valence-corrected chi connectivity index (χ4v) is 8.09. The number of carbonyl (C=O) groups excluding carboxylic acids is 4. The van der Waals surface area contributed by atoms with E-state index in [9.17, 15) is 19.2 Å². The van der Waals surface area contributed by atoms with Gasteiger partial charge in [-0.1, -0.05) is 138 Å². The van der Waals surface area contributed by atoms with E-state index in [0.717, 1.165) is 136 Å². The minimum Gasteiger partial charge on any atom is -0.494 e. The summed E-state index contributed by atoms with van der Waals surface area (Å²) in [5.74, 6) is -0.296. The maximum absolute atomic E-state index is 14.3. The second-order valence-electron chi connectivity index (χ2n) is 18.1. The lowest BCUT2D eigenvalue weighted by atomic mass is 9.76. The van der Waals surface area contributed by atoms with Crippen LogP contribution in [0.2, 0.25) is 0 Å². The molecule has 4 aromatic carbocycles. The first-order chi connectivity index (χ1) is 34.6. The lowest BCUT2D eigenvalue weighted by Gasteiger charge is -2.30. The van der Waals surface area contributed by atoms with Gasteiger partial charge in [0.1, 0.15) is 11.5 Å². The third kappa shape index (κ3) is 23.3. The number of carbonyl (C=O) groups is 4. The number of rotatable bonds is 36. The molecule has 0 radical (unpaired) electrons. The zero-order valence-electron chi connectivity index (χ0n) is 42.3. The molecular weight excluding hydrogens is 897 g/mol. The molecule has 384 valence electrons. The Balaban J connectivity index is 1.13. The lowest BCUT2D eigenvalue weighted by molar-refractivity contribution is -0.173. The van der Waals surface area contributed by atoms with Crippen LogP contribution in [-0.2, 0) is 51.0 Å². The Kier molecular flexibility index (Phi) is 27.2. The van der Waals surface area contributed by atoms with E-state index < -0.39 is 17.4 Å². The predicted octanol–water partition coefficient (Wildman–Crippen LogP) is 12.3. The van der Waals surface area contributed by atoms with Crippen LogP contribution in [0.3, 0.4) is 0 Å². The Morgan fingerprint density at radius 3 is 1.01 bits per heavy atom. The largest absolute Gasteiger partial charge is 0.494 e. The summed E-state index contributed by atoms with van der Waals surface area (Å²) >= 11 is 0. The fourth-order valence-electron chi connectivity index (χ4n) is 8.09. The zero-order valence-corrected chi connectivity index (χ0v) is 42.3. The molecule has 0 atom stereocenters. The average molecular weight is 975 g/mol. The highest BCUT2D eigenvalue weighted by molar-refractivity contribution is 6.01. The number of esters is 4. The van der Waals surface area contributed by atoms with Gasteiger partial charge in [0, 0.05) is 23.5 Å². The minimum absolute atomic E-state index is 0.114. The molecule has 0 fully saturated rings.